The van der Waals surface area contributed by atoms with E-state index in [9.17, 15) is 10.1 Å². The van der Waals surface area contributed by atoms with Gasteiger partial charge in [-0.1, -0.05) is 0 Å². The Kier molecular flexibility index (Phi) is 4.47. The monoisotopic (exact) mass is 282 g/mol. The van der Waals surface area contributed by atoms with Gasteiger partial charge in [-0.2, -0.15) is 11.8 Å². The van der Waals surface area contributed by atoms with Crippen LogP contribution in [-0.4, -0.2) is 41.0 Å². The highest BCUT2D eigenvalue weighted by Crippen LogP contribution is 2.31. The number of anilines is 2. The highest BCUT2D eigenvalue weighted by molar-refractivity contribution is 7.99. The molecule has 0 radical (unpaired) electrons. The lowest BCUT2D eigenvalue weighted by Crippen LogP contribution is -2.32. The second-order valence-electron chi connectivity index (χ2n) is 4.45. The first-order valence-electron chi connectivity index (χ1n) is 6.33. The Labute approximate surface area is 116 Å². The predicted molar refractivity (Wildman–Crippen MR) is 79.2 cm³/mol. The van der Waals surface area contributed by atoms with Crippen molar-refractivity contribution in [2.24, 2.45) is 0 Å². The molecule has 1 aliphatic heterocycles. The Balaban J connectivity index is 2.33. The van der Waals surface area contributed by atoms with Crippen molar-refractivity contribution in [3.63, 3.8) is 0 Å². The molecule has 1 aromatic heterocycles. The van der Waals surface area contributed by atoms with Gasteiger partial charge in [-0.15, -0.1) is 0 Å². The summed E-state index contributed by atoms with van der Waals surface area (Å²) >= 11 is 1.88. The molecule has 2 rings (SSSR count). The van der Waals surface area contributed by atoms with Crippen molar-refractivity contribution in [2.75, 3.05) is 35.3 Å². The van der Waals surface area contributed by atoms with Crippen molar-refractivity contribution >= 4 is 29.1 Å². The van der Waals surface area contributed by atoms with E-state index >= 15 is 0 Å². The summed E-state index contributed by atoms with van der Waals surface area (Å²) in [6.07, 6.45) is 1.05. The minimum atomic E-state index is -0.364. The molecule has 104 valence electrons. The fraction of sp³-hybridized carbons (Fsp3) is 0.583. The Hall–Kier alpha value is -1.50. The van der Waals surface area contributed by atoms with Crippen LogP contribution in [-0.2, 0) is 0 Å². The summed E-state index contributed by atoms with van der Waals surface area (Å²) in [7, 11) is 1.89. The SMILES string of the molecule is CCNc1ccc([N+](=O)[O-])c(N(C)C2CCSC2)n1. The van der Waals surface area contributed by atoms with E-state index in [1.54, 1.807) is 6.07 Å². The molecular weight excluding hydrogens is 264 g/mol. The summed E-state index contributed by atoms with van der Waals surface area (Å²) in [4.78, 5) is 17.1. The smallest absolute Gasteiger partial charge is 0.311 e. The van der Waals surface area contributed by atoms with Crippen LogP contribution in [0.3, 0.4) is 0 Å². The average Bonchev–Trinajstić information content (AvgIpc) is 2.91. The lowest BCUT2D eigenvalue weighted by Gasteiger charge is -2.24. The summed E-state index contributed by atoms with van der Waals surface area (Å²) in [5.74, 6) is 3.24. The van der Waals surface area contributed by atoms with Gasteiger partial charge in [-0.3, -0.25) is 10.1 Å². The Bertz CT molecular complexity index is 463. The van der Waals surface area contributed by atoms with E-state index in [-0.39, 0.29) is 10.6 Å². The van der Waals surface area contributed by atoms with E-state index in [0.717, 1.165) is 24.5 Å². The molecule has 1 atom stereocenters. The first kappa shape index (κ1) is 13.9. The van der Waals surface area contributed by atoms with E-state index in [1.807, 2.05) is 30.6 Å². The molecular formula is C12H18N4O2S. The molecule has 19 heavy (non-hydrogen) atoms. The molecule has 1 aromatic rings. The molecule has 0 bridgehead atoms. The molecule has 0 spiro atoms. The fourth-order valence-electron chi connectivity index (χ4n) is 2.12. The number of nitrogens with one attached hydrogen (secondary N) is 1. The number of nitrogens with zero attached hydrogens (tertiary/aromatic N) is 3. The van der Waals surface area contributed by atoms with Gasteiger partial charge in [-0.05, 0) is 25.2 Å². The highest BCUT2D eigenvalue weighted by Gasteiger charge is 2.27. The van der Waals surface area contributed by atoms with Crippen molar-refractivity contribution in [3.8, 4) is 0 Å². The quantitative estimate of drug-likeness (QED) is 0.660. The van der Waals surface area contributed by atoms with Crippen LogP contribution in [0.25, 0.3) is 0 Å². The molecule has 0 saturated carbocycles. The minimum Gasteiger partial charge on any atom is -0.370 e. The van der Waals surface area contributed by atoms with E-state index in [4.69, 9.17) is 0 Å². The third-order valence-electron chi connectivity index (χ3n) is 3.20. The van der Waals surface area contributed by atoms with Crippen LogP contribution in [0.1, 0.15) is 13.3 Å². The van der Waals surface area contributed by atoms with Crippen molar-refractivity contribution in [1.29, 1.82) is 0 Å². The molecule has 1 saturated heterocycles. The van der Waals surface area contributed by atoms with Crippen LogP contribution in [0.15, 0.2) is 12.1 Å². The minimum absolute atomic E-state index is 0.0704. The summed E-state index contributed by atoms with van der Waals surface area (Å²) in [6, 6.07) is 3.51. The predicted octanol–water partition coefficient (Wildman–Crippen LogP) is 2.36. The molecule has 6 nitrogen and oxygen atoms in total. The van der Waals surface area contributed by atoms with Gasteiger partial charge in [0, 0.05) is 31.5 Å². The molecule has 0 aliphatic carbocycles. The number of aromatic nitrogens is 1. The maximum atomic E-state index is 11.1. The maximum Gasteiger partial charge on any atom is 0.311 e. The zero-order chi connectivity index (χ0) is 13.8. The number of pyridine rings is 1. The van der Waals surface area contributed by atoms with E-state index in [2.05, 4.69) is 10.3 Å². The Morgan fingerprint density at radius 2 is 2.42 bits per heavy atom. The van der Waals surface area contributed by atoms with E-state index < -0.39 is 0 Å². The van der Waals surface area contributed by atoms with Gasteiger partial charge in [0.25, 0.3) is 0 Å². The summed E-state index contributed by atoms with van der Waals surface area (Å²) < 4.78 is 0. The number of hydrogen-bond acceptors (Lipinski definition) is 6. The molecule has 1 fully saturated rings. The van der Waals surface area contributed by atoms with Crippen LogP contribution in [0.2, 0.25) is 0 Å². The lowest BCUT2D eigenvalue weighted by atomic mass is 10.2. The van der Waals surface area contributed by atoms with Gasteiger partial charge >= 0.3 is 5.69 Å². The van der Waals surface area contributed by atoms with Crippen molar-refractivity contribution < 1.29 is 4.92 Å². The van der Waals surface area contributed by atoms with E-state index in [1.165, 1.54) is 6.07 Å². The zero-order valence-corrected chi connectivity index (χ0v) is 11.9. The number of thioether (sulfide) groups is 1. The van der Waals surface area contributed by atoms with Crippen molar-refractivity contribution in [3.05, 3.63) is 22.2 Å². The number of nitro groups is 1. The molecule has 1 unspecified atom stereocenters. The van der Waals surface area contributed by atoms with Crippen LogP contribution in [0.5, 0.6) is 0 Å². The molecule has 7 heteroatoms. The largest absolute Gasteiger partial charge is 0.370 e. The Morgan fingerprint density at radius 1 is 1.63 bits per heavy atom. The average molecular weight is 282 g/mol. The number of hydrogen-bond donors (Lipinski definition) is 1. The van der Waals surface area contributed by atoms with Gasteiger partial charge in [0.05, 0.1) is 4.92 Å². The van der Waals surface area contributed by atoms with Crippen LogP contribution < -0.4 is 10.2 Å². The normalized spacial score (nSPS) is 18.3. The van der Waals surface area contributed by atoms with Gasteiger partial charge in [0.1, 0.15) is 5.82 Å². The molecule has 1 aliphatic rings. The highest BCUT2D eigenvalue weighted by atomic mass is 32.2. The van der Waals surface area contributed by atoms with Crippen molar-refractivity contribution in [2.45, 2.75) is 19.4 Å². The van der Waals surface area contributed by atoms with Gasteiger partial charge in [-0.25, -0.2) is 4.98 Å². The molecule has 2 heterocycles. The lowest BCUT2D eigenvalue weighted by molar-refractivity contribution is -0.384. The third-order valence-corrected chi connectivity index (χ3v) is 4.34. The summed E-state index contributed by atoms with van der Waals surface area (Å²) in [5, 5.41) is 14.2. The van der Waals surface area contributed by atoms with Crippen molar-refractivity contribution in [1.82, 2.24) is 4.98 Å². The van der Waals surface area contributed by atoms with Crippen LogP contribution in [0, 0.1) is 10.1 Å². The second-order valence-corrected chi connectivity index (χ2v) is 5.60. The van der Waals surface area contributed by atoms with Gasteiger partial charge in [0.2, 0.25) is 5.82 Å². The third kappa shape index (κ3) is 3.09. The Morgan fingerprint density at radius 3 is 3.00 bits per heavy atom. The zero-order valence-electron chi connectivity index (χ0n) is 11.1. The van der Waals surface area contributed by atoms with Crippen LogP contribution >= 0.6 is 11.8 Å². The van der Waals surface area contributed by atoms with Gasteiger partial charge < -0.3 is 10.2 Å². The summed E-state index contributed by atoms with van der Waals surface area (Å²) in [6.45, 7) is 2.72. The maximum absolute atomic E-state index is 11.1. The van der Waals surface area contributed by atoms with Crippen LogP contribution in [0.4, 0.5) is 17.3 Å². The van der Waals surface area contributed by atoms with E-state index in [0.29, 0.717) is 17.7 Å². The molecule has 1 N–H and O–H groups in total. The number of rotatable bonds is 5. The molecule has 0 aromatic carbocycles. The first-order valence-corrected chi connectivity index (χ1v) is 7.48. The van der Waals surface area contributed by atoms with Gasteiger partial charge in [0.15, 0.2) is 0 Å². The molecule has 0 amide bonds. The second kappa shape index (κ2) is 6.10. The standard InChI is InChI=1S/C12H18N4O2S/c1-3-13-11-5-4-10(16(17)18)12(14-11)15(2)9-6-7-19-8-9/h4-5,9H,3,6-8H2,1-2H3,(H,13,14). The fourth-order valence-corrected chi connectivity index (χ4v) is 3.39. The topological polar surface area (TPSA) is 71.3 Å². The first-order chi connectivity index (χ1) is 9.13. The summed E-state index contributed by atoms with van der Waals surface area (Å²) in [5.41, 5.74) is 0.0704.